The van der Waals surface area contributed by atoms with Gasteiger partial charge in [-0.1, -0.05) is 0 Å². The van der Waals surface area contributed by atoms with Gasteiger partial charge in [0, 0.05) is 44.3 Å². The SMILES string of the molecule is COCCOCCCN=C(NCCc1csc(C)n1)Nc1ccc(OC(C)C)cc1. The number of anilines is 1. The highest BCUT2D eigenvalue weighted by Crippen LogP contribution is 2.17. The zero-order valence-electron chi connectivity index (χ0n) is 18.4. The Hall–Kier alpha value is -2.16. The van der Waals surface area contributed by atoms with E-state index in [0.29, 0.717) is 26.4 Å². The van der Waals surface area contributed by atoms with Crippen LogP contribution in [0.3, 0.4) is 0 Å². The molecule has 2 rings (SSSR count). The fraction of sp³-hybridized carbons (Fsp3) is 0.545. The molecule has 1 aromatic heterocycles. The van der Waals surface area contributed by atoms with Crippen LogP contribution in [0.5, 0.6) is 5.75 Å². The van der Waals surface area contributed by atoms with Crippen molar-refractivity contribution in [2.24, 2.45) is 4.99 Å². The minimum atomic E-state index is 0.156. The molecule has 0 amide bonds. The highest BCUT2D eigenvalue weighted by atomic mass is 32.1. The van der Waals surface area contributed by atoms with Crippen molar-refractivity contribution >= 4 is 23.0 Å². The van der Waals surface area contributed by atoms with Crippen LogP contribution in [-0.2, 0) is 15.9 Å². The Morgan fingerprint density at radius 1 is 1.17 bits per heavy atom. The van der Waals surface area contributed by atoms with Gasteiger partial charge in [0.05, 0.1) is 30.0 Å². The average molecular weight is 435 g/mol. The van der Waals surface area contributed by atoms with E-state index >= 15 is 0 Å². The molecule has 8 heteroatoms. The molecule has 0 aliphatic carbocycles. The normalized spacial score (nSPS) is 11.7. The number of nitrogens with one attached hydrogen (secondary N) is 2. The number of guanidine groups is 1. The maximum absolute atomic E-state index is 5.71. The standard InChI is InChI=1S/C22H34N4O3S/c1-17(2)29-21-8-6-19(7-9-21)26-22(23-11-5-13-28-15-14-27-4)24-12-10-20-16-30-18(3)25-20/h6-9,16-17H,5,10-15H2,1-4H3,(H2,23,24,26). The molecule has 30 heavy (non-hydrogen) atoms. The smallest absolute Gasteiger partial charge is 0.195 e. The van der Waals surface area contributed by atoms with E-state index in [9.17, 15) is 0 Å². The maximum atomic E-state index is 5.71. The molecule has 2 N–H and O–H groups in total. The molecule has 0 unspecified atom stereocenters. The molecule has 0 fully saturated rings. The van der Waals surface area contributed by atoms with Crippen LogP contribution in [0.15, 0.2) is 34.6 Å². The van der Waals surface area contributed by atoms with Crippen molar-refractivity contribution in [3.8, 4) is 5.75 Å². The van der Waals surface area contributed by atoms with Gasteiger partial charge in [0.25, 0.3) is 0 Å². The Labute approximate surface area is 183 Å². The largest absolute Gasteiger partial charge is 0.491 e. The summed E-state index contributed by atoms with van der Waals surface area (Å²) in [5, 5.41) is 9.96. The van der Waals surface area contributed by atoms with E-state index in [1.165, 1.54) is 0 Å². The van der Waals surface area contributed by atoms with Gasteiger partial charge in [0.2, 0.25) is 0 Å². The van der Waals surface area contributed by atoms with Crippen LogP contribution in [0.4, 0.5) is 5.69 Å². The van der Waals surface area contributed by atoms with Crippen LogP contribution in [0, 0.1) is 6.92 Å². The first-order chi connectivity index (χ1) is 14.6. The van der Waals surface area contributed by atoms with Crippen LogP contribution in [0.1, 0.15) is 31.0 Å². The van der Waals surface area contributed by atoms with Crippen LogP contribution in [0.25, 0.3) is 0 Å². The number of methoxy groups -OCH3 is 1. The molecule has 1 heterocycles. The average Bonchev–Trinajstić information content (AvgIpc) is 3.13. The Kier molecular flexibility index (Phi) is 11.2. The van der Waals surface area contributed by atoms with Crippen molar-refractivity contribution in [2.75, 3.05) is 45.3 Å². The molecule has 7 nitrogen and oxygen atoms in total. The number of benzene rings is 1. The molecule has 0 aliphatic heterocycles. The summed E-state index contributed by atoms with van der Waals surface area (Å²) < 4.78 is 16.2. The number of aromatic nitrogens is 1. The monoisotopic (exact) mass is 434 g/mol. The molecule has 0 saturated heterocycles. The van der Waals surface area contributed by atoms with Crippen LogP contribution in [0.2, 0.25) is 0 Å². The minimum Gasteiger partial charge on any atom is -0.491 e. The molecule has 1 aromatic carbocycles. The van der Waals surface area contributed by atoms with Crippen molar-refractivity contribution in [3.05, 3.63) is 40.3 Å². The Bertz CT molecular complexity index is 747. The van der Waals surface area contributed by atoms with Gasteiger partial charge in [-0.25, -0.2) is 4.98 Å². The summed E-state index contributed by atoms with van der Waals surface area (Å²) in [6.45, 7) is 9.39. The van der Waals surface area contributed by atoms with Gasteiger partial charge in [-0.2, -0.15) is 0 Å². The van der Waals surface area contributed by atoms with E-state index in [0.717, 1.165) is 47.5 Å². The predicted molar refractivity (Wildman–Crippen MR) is 124 cm³/mol. The molecular weight excluding hydrogens is 400 g/mol. The second kappa shape index (κ2) is 14.0. The Morgan fingerprint density at radius 2 is 1.97 bits per heavy atom. The maximum Gasteiger partial charge on any atom is 0.195 e. The van der Waals surface area contributed by atoms with Gasteiger partial charge in [0.15, 0.2) is 5.96 Å². The number of aliphatic imine (C=N–C) groups is 1. The van der Waals surface area contributed by atoms with E-state index < -0.39 is 0 Å². The quantitative estimate of drug-likeness (QED) is 0.283. The lowest BCUT2D eigenvalue weighted by molar-refractivity contribution is 0.0702. The molecular formula is C22H34N4O3S. The van der Waals surface area contributed by atoms with Crippen molar-refractivity contribution in [1.29, 1.82) is 0 Å². The number of hydrogen-bond donors (Lipinski definition) is 2. The van der Waals surface area contributed by atoms with Crippen LogP contribution >= 0.6 is 11.3 Å². The summed E-state index contributed by atoms with van der Waals surface area (Å²) >= 11 is 1.68. The fourth-order valence-electron chi connectivity index (χ4n) is 2.60. The lowest BCUT2D eigenvalue weighted by Crippen LogP contribution is -2.32. The van der Waals surface area contributed by atoms with Gasteiger partial charge >= 0.3 is 0 Å². The topological polar surface area (TPSA) is 77.0 Å². The minimum absolute atomic E-state index is 0.156. The fourth-order valence-corrected chi connectivity index (χ4v) is 3.25. The van der Waals surface area contributed by atoms with E-state index in [1.54, 1.807) is 18.4 Å². The first-order valence-corrected chi connectivity index (χ1v) is 11.2. The lowest BCUT2D eigenvalue weighted by atomic mass is 10.3. The number of aryl methyl sites for hydroxylation is 1. The number of thiazole rings is 1. The van der Waals surface area contributed by atoms with E-state index in [4.69, 9.17) is 14.2 Å². The van der Waals surface area contributed by atoms with Crippen molar-refractivity contribution in [2.45, 2.75) is 39.7 Å². The summed E-state index contributed by atoms with van der Waals surface area (Å²) in [4.78, 5) is 9.19. The molecule has 2 aromatic rings. The third-order valence-electron chi connectivity index (χ3n) is 3.98. The molecule has 0 radical (unpaired) electrons. The molecule has 0 bridgehead atoms. The third-order valence-corrected chi connectivity index (χ3v) is 4.80. The van der Waals surface area contributed by atoms with E-state index in [2.05, 4.69) is 26.0 Å². The number of rotatable bonds is 13. The molecule has 0 saturated carbocycles. The Balaban J connectivity index is 1.87. The van der Waals surface area contributed by atoms with Gasteiger partial charge in [-0.3, -0.25) is 4.99 Å². The van der Waals surface area contributed by atoms with Crippen LogP contribution in [-0.4, -0.2) is 57.1 Å². The van der Waals surface area contributed by atoms with Gasteiger partial charge in [-0.05, 0) is 51.5 Å². The molecule has 0 spiro atoms. The number of hydrogen-bond acceptors (Lipinski definition) is 6. The van der Waals surface area contributed by atoms with Crippen LogP contribution < -0.4 is 15.4 Å². The first kappa shape index (κ1) is 24.1. The third kappa shape index (κ3) is 10.0. The van der Waals surface area contributed by atoms with Gasteiger partial charge < -0.3 is 24.8 Å². The summed E-state index contributed by atoms with van der Waals surface area (Å²) in [7, 11) is 1.67. The number of nitrogens with zero attached hydrogens (tertiary/aromatic N) is 2. The predicted octanol–water partition coefficient (Wildman–Crippen LogP) is 3.89. The highest BCUT2D eigenvalue weighted by molar-refractivity contribution is 7.09. The highest BCUT2D eigenvalue weighted by Gasteiger charge is 2.04. The second-order valence-electron chi connectivity index (χ2n) is 7.04. The Morgan fingerprint density at radius 3 is 2.63 bits per heavy atom. The van der Waals surface area contributed by atoms with Crippen molar-refractivity contribution < 1.29 is 14.2 Å². The second-order valence-corrected chi connectivity index (χ2v) is 8.10. The summed E-state index contributed by atoms with van der Waals surface area (Å²) in [6.07, 6.45) is 1.86. The van der Waals surface area contributed by atoms with E-state index in [-0.39, 0.29) is 6.10 Å². The van der Waals surface area contributed by atoms with Crippen molar-refractivity contribution in [1.82, 2.24) is 10.3 Å². The zero-order valence-corrected chi connectivity index (χ0v) is 19.3. The first-order valence-electron chi connectivity index (χ1n) is 10.4. The van der Waals surface area contributed by atoms with Gasteiger partial charge in [-0.15, -0.1) is 11.3 Å². The number of ether oxygens (including phenoxy) is 3. The summed E-state index contributed by atoms with van der Waals surface area (Å²) in [5.41, 5.74) is 2.06. The molecule has 0 atom stereocenters. The summed E-state index contributed by atoms with van der Waals surface area (Å²) in [6, 6.07) is 7.91. The van der Waals surface area contributed by atoms with Crippen molar-refractivity contribution in [3.63, 3.8) is 0 Å². The van der Waals surface area contributed by atoms with E-state index in [1.807, 2.05) is 45.0 Å². The zero-order chi connectivity index (χ0) is 21.6. The molecule has 166 valence electrons. The summed E-state index contributed by atoms with van der Waals surface area (Å²) in [5.74, 6) is 1.60. The van der Waals surface area contributed by atoms with Gasteiger partial charge in [0.1, 0.15) is 5.75 Å². The molecule has 0 aliphatic rings. The lowest BCUT2D eigenvalue weighted by Gasteiger charge is -2.14.